The highest BCUT2D eigenvalue weighted by Gasteiger charge is 2.07. The fourth-order valence-electron chi connectivity index (χ4n) is 3.24. The SMILES string of the molecule is CC(C)c1ccc(C=CC(=O)Nc2nc(-c3ccc(-c4ccccc4)cc3)cs2)cc1. The smallest absolute Gasteiger partial charge is 0.250 e. The number of rotatable bonds is 6. The van der Waals surface area contributed by atoms with Crippen molar-refractivity contribution < 1.29 is 4.79 Å². The predicted molar refractivity (Wildman–Crippen MR) is 131 cm³/mol. The normalized spacial score (nSPS) is 11.2. The average Bonchev–Trinajstić information content (AvgIpc) is 3.27. The molecule has 0 spiro atoms. The quantitative estimate of drug-likeness (QED) is 0.331. The van der Waals surface area contributed by atoms with Crippen LogP contribution >= 0.6 is 11.3 Å². The van der Waals surface area contributed by atoms with E-state index in [9.17, 15) is 4.79 Å². The number of thiazole rings is 1. The Hall–Kier alpha value is -3.50. The summed E-state index contributed by atoms with van der Waals surface area (Å²) >= 11 is 1.42. The van der Waals surface area contributed by atoms with Gasteiger partial charge in [-0.3, -0.25) is 10.1 Å². The summed E-state index contributed by atoms with van der Waals surface area (Å²) in [6, 6.07) is 26.8. The minimum atomic E-state index is -0.187. The lowest BCUT2D eigenvalue weighted by Gasteiger charge is -2.04. The molecule has 3 aromatic carbocycles. The Morgan fingerprint density at radius 3 is 2.19 bits per heavy atom. The number of hydrogen-bond acceptors (Lipinski definition) is 3. The average molecular weight is 425 g/mol. The summed E-state index contributed by atoms with van der Waals surface area (Å²) in [5.41, 5.74) is 6.52. The standard InChI is InChI=1S/C27H24N2OS/c1-19(2)21-11-8-20(9-12-21)10-17-26(30)29-27-28-25(18-31-27)24-15-13-23(14-16-24)22-6-4-3-5-7-22/h3-19H,1-2H3,(H,28,29,30). The summed E-state index contributed by atoms with van der Waals surface area (Å²) < 4.78 is 0. The molecule has 0 aliphatic heterocycles. The molecule has 31 heavy (non-hydrogen) atoms. The largest absolute Gasteiger partial charge is 0.298 e. The molecule has 0 unspecified atom stereocenters. The van der Waals surface area contributed by atoms with E-state index in [1.165, 1.54) is 28.0 Å². The maximum absolute atomic E-state index is 12.3. The van der Waals surface area contributed by atoms with Crippen LogP contribution in [0.4, 0.5) is 5.13 Å². The highest BCUT2D eigenvalue weighted by molar-refractivity contribution is 7.14. The molecular weight excluding hydrogens is 400 g/mol. The molecule has 0 bridgehead atoms. The van der Waals surface area contributed by atoms with Gasteiger partial charge in [0.2, 0.25) is 5.91 Å². The van der Waals surface area contributed by atoms with Crippen LogP contribution in [0.25, 0.3) is 28.5 Å². The van der Waals surface area contributed by atoms with Gasteiger partial charge in [-0.2, -0.15) is 0 Å². The van der Waals surface area contributed by atoms with E-state index in [0.717, 1.165) is 16.8 Å². The highest BCUT2D eigenvalue weighted by atomic mass is 32.1. The number of carbonyl (C=O) groups excluding carboxylic acids is 1. The van der Waals surface area contributed by atoms with Gasteiger partial charge in [0, 0.05) is 17.0 Å². The van der Waals surface area contributed by atoms with Crippen molar-refractivity contribution >= 4 is 28.5 Å². The lowest BCUT2D eigenvalue weighted by Crippen LogP contribution is -2.07. The Balaban J connectivity index is 1.39. The molecule has 1 aromatic heterocycles. The number of benzene rings is 3. The molecule has 4 heteroatoms. The van der Waals surface area contributed by atoms with E-state index < -0.39 is 0 Å². The van der Waals surface area contributed by atoms with Crippen molar-refractivity contribution in [2.24, 2.45) is 0 Å². The molecule has 0 fully saturated rings. The van der Waals surface area contributed by atoms with Crippen LogP contribution in [0.1, 0.15) is 30.9 Å². The van der Waals surface area contributed by atoms with Gasteiger partial charge in [0.15, 0.2) is 5.13 Å². The number of nitrogens with one attached hydrogen (secondary N) is 1. The highest BCUT2D eigenvalue weighted by Crippen LogP contribution is 2.27. The summed E-state index contributed by atoms with van der Waals surface area (Å²) in [5, 5.41) is 5.40. The second-order valence-electron chi connectivity index (χ2n) is 7.63. The van der Waals surface area contributed by atoms with Crippen LogP contribution in [-0.2, 0) is 4.79 Å². The molecule has 0 aliphatic carbocycles. The van der Waals surface area contributed by atoms with Gasteiger partial charge in [0.25, 0.3) is 0 Å². The van der Waals surface area contributed by atoms with Gasteiger partial charge in [-0.25, -0.2) is 4.98 Å². The lowest BCUT2D eigenvalue weighted by molar-refractivity contribution is -0.111. The molecule has 0 atom stereocenters. The molecular formula is C27H24N2OS. The Kier molecular flexibility index (Phi) is 6.39. The van der Waals surface area contributed by atoms with Gasteiger partial charge in [-0.1, -0.05) is 92.7 Å². The summed E-state index contributed by atoms with van der Waals surface area (Å²) in [5.74, 6) is 0.309. The summed E-state index contributed by atoms with van der Waals surface area (Å²) in [6.07, 6.45) is 3.36. The van der Waals surface area contributed by atoms with Gasteiger partial charge in [-0.05, 0) is 34.2 Å². The van der Waals surface area contributed by atoms with Crippen LogP contribution in [0.2, 0.25) is 0 Å². The van der Waals surface area contributed by atoms with E-state index in [1.807, 2.05) is 41.8 Å². The number of amides is 1. The van der Waals surface area contributed by atoms with Crippen molar-refractivity contribution in [3.05, 3.63) is 101 Å². The Bertz CT molecular complexity index is 1170. The third-order valence-corrected chi connectivity index (χ3v) is 5.81. The van der Waals surface area contributed by atoms with Gasteiger partial charge < -0.3 is 0 Å². The third kappa shape index (κ3) is 5.36. The number of carbonyl (C=O) groups is 1. The van der Waals surface area contributed by atoms with Crippen molar-refractivity contribution in [2.75, 3.05) is 5.32 Å². The third-order valence-electron chi connectivity index (χ3n) is 5.05. The first-order valence-electron chi connectivity index (χ1n) is 10.3. The number of anilines is 1. The maximum atomic E-state index is 12.3. The van der Waals surface area contributed by atoms with Crippen LogP contribution in [0.5, 0.6) is 0 Å². The molecule has 4 rings (SSSR count). The van der Waals surface area contributed by atoms with Crippen molar-refractivity contribution in [2.45, 2.75) is 19.8 Å². The second-order valence-corrected chi connectivity index (χ2v) is 8.48. The molecule has 4 aromatic rings. The van der Waals surface area contributed by atoms with Crippen LogP contribution < -0.4 is 5.32 Å². The minimum Gasteiger partial charge on any atom is -0.298 e. The Morgan fingerprint density at radius 2 is 1.52 bits per heavy atom. The number of nitrogens with zero attached hydrogens (tertiary/aromatic N) is 1. The zero-order chi connectivity index (χ0) is 21.6. The van der Waals surface area contributed by atoms with E-state index in [1.54, 1.807) is 6.08 Å². The summed E-state index contributed by atoms with van der Waals surface area (Å²) in [7, 11) is 0. The van der Waals surface area contributed by atoms with E-state index in [0.29, 0.717) is 11.0 Å². The molecule has 1 N–H and O–H groups in total. The Morgan fingerprint density at radius 1 is 0.871 bits per heavy atom. The van der Waals surface area contributed by atoms with Gasteiger partial charge in [0.05, 0.1) is 5.69 Å². The van der Waals surface area contributed by atoms with Crippen LogP contribution in [-0.4, -0.2) is 10.9 Å². The minimum absolute atomic E-state index is 0.187. The molecule has 0 saturated heterocycles. The Labute approximate surface area is 187 Å². The van der Waals surface area contributed by atoms with Crippen molar-refractivity contribution in [3.8, 4) is 22.4 Å². The molecule has 0 aliphatic rings. The first kappa shape index (κ1) is 20.8. The van der Waals surface area contributed by atoms with E-state index in [-0.39, 0.29) is 5.91 Å². The zero-order valence-electron chi connectivity index (χ0n) is 17.6. The van der Waals surface area contributed by atoms with Crippen molar-refractivity contribution in [1.29, 1.82) is 0 Å². The summed E-state index contributed by atoms with van der Waals surface area (Å²) in [4.78, 5) is 16.8. The van der Waals surface area contributed by atoms with E-state index >= 15 is 0 Å². The van der Waals surface area contributed by atoms with E-state index in [2.05, 4.69) is 72.7 Å². The van der Waals surface area contributed by atoms with Crippen LogP contribution in [0.3, 0.4) is 0 Å². The van der Waals surface area contributed by atoms with Crippen LogP contribution in [0, 0.1) is 0 Å². The number of hydrogen-bond donors (Lipinski definition) is 1. The topological polar surface area (TPSA) is 42.0 Å². The van der Waals surface area contributed by atoms with E-state index in [4.69, 9.17) is 0 Å². The molecule has 0 radical (unpaired) electrons. The van der Waals surface area contributed by atoms with Crippen molar-refractivity contribution in [3.63, 3.8) is 0 Å². The molecule has 3 nitrogen and oxygen atoms in total. The van der Waals surface area contributed by atoms with Gasteiger partial charge >= 0.3 is 0 Å². The van der Waals surface area contributed by atoms with Crippen molar-refractivity contribution in [1.82, 2.24) is 4.98 Å². The van der Waals surface area contributed by atoms with Gasteiger partial charge in [0.1, 0.15) is 0 Å². The molecule has 0 saturated carbocycles. The monoisotopic (exact) mass is 424 g/mol. The zero-order valence-corrected chi connectivity index (χ0v) is 18.4. The maximum Gasteiger partial charge on any atom is 0.250 e. The molecule has 154 valence electrons. The van der Waals surface area contributed by atoms with Crippen LogP contribution in [0.15, 0.2) is 90.3 Å². The first-order valence-corrected chi connectivity index (χ1v) is 11.2. The van der Waals surface area contributed by atoms with Gasteiger partial charge in [-0.15, -0.1) is 11.3 Å². The fraction of sp³-hybridized carbons (Fsp3) is 0.111. The number of aromatic nitrogens is 1. The fourth-order valence-corrected chi connectivity index (χ4v) is 3.96. The lowest BCUT2D eigenvalue weighted by atomic mass is 10.0. The summed E-state index contributed by atoms with van der Waals surface area (Å²) in [6.45, 7) is 4.33. The molecule has 1 heterocycles. The first-order chi connectivity index (χ1) is 15.1. The molecule has 1 amide bonds. The predicted octanol–water partition coefficient (Wildman–Crippen LogP) is 7.25. The second kappa shape index (κ2) is 9.54.